The van der Waals surface area contributed by atoms with Gasteiger partial charge in [-0.05, 0) is 25.1 Å². The number of benzene rings is 1. The van der Waals surface area contributed by atoms with Crippen LogP contribution in [-0.2, 0) is 0 Å². The zero-order valence-electron chi connectivity index (χ0n) is 11.8. The highest BCUT2D eigenvalue weighted by molar-refractivity contribution is 6.61. The van der Waals surface area contributed by atoms with Crippen LogP contribution in [0.3, 0.4) is 0 Å². The third-order valence-corrected chi connectivity index (χ3v) is 2.92. The standard InChI is InChI=1S/C16H13ClN2O3/c1-3-7-12-10(4-2)15(20)19-14(18-12)11-8-5-6-9-13(11)22-16(17)21/h3-9H,2H2,1H3,(H,18,19,20)/b7-3-. The molecule has 2 aromatic rings. The summed E-state index contributed by atoms with van der Waals surface area (Å²) >= 11 is 5.25. The second kappa shape index (κ2) is 6.87. The minimum Gasteiger partial charge on any atom is -0.414 e. The minimum atomic E-state index is -0.966. The largest absolute Gasteiger partial charge is 0.414 e. The summed E-state index contributed by atoms with van der Waals surface area (Å²) in [5.41, 5.74) is -0.00169. The molecule has 1 aromatic heterocycles. The van der Waals surface area contributed by atoms with E-state index in [-0.39, 0.29) is 17.1 Å². The Morgan fingerprint density at radius 1 is 1.41 bits per heavy atom. The number of H-pyrrole nitrogens is 1. The second-order valence-electron chi connectivity index (χ2n) is 4.25. The van der Waals surface area contributed by atoms with Crippen molar-refractivity contribution in [1.29, 1.82) is 0 Å². The SMILES string of the molecule is C=Cc1c(/C=C\C)nc(-c2ccccc2OC(=O)Cl)[nH]c1=O. The molecule has 0 bridgehead atoms. The van der Waals surface area contributed by atoms with Crippen LogP contribution in [0, 0.1) is 0 Å². The zero-order valence-corrected chi connectivity index (χ0v) is 12.6. The molecule has 5 nitrogen and oxygen atoms in total. The molecule has 0 spiro atoms. The van der Waals surface area contributed by atoms with Crippen molar-refractivity contribution in [2.45, 2.75) is 6.92 Å². The molecule has 0 unspecified atom stereocenters. The number of ether oxygens (including phenoxy) is 1. The molecule has 2 rings (SSSR count). The van der Waals surface area contributed by atoms with E-state index < -0.39 is 5.43 Å². The fraction of sp³-hybridized carbons (Fsp3) is 0.0625. The number of carbonyl (C=O) groups is 1. The summed E-state index contributed by atoms with van der Waals surface area (Å²) in [7, 11) is 0. The second-order valence-corrected chi connectivity index (χ2v) is 4.56. The van der Waals surface area contributed by atoms with Gasteiger partial charge in [0, 0.05) is 11.6 Å². The van der Waals surface area contributed by atoms with Gasteiger partial charge in [-0.25, -0.2) is 9.78 Å². The molecule has 112 valence electrons. The fourth-order valence-electron chi connectivity index (χ4n) is 1.95. The Labute approximate surface area is 131 Å². The summed E-state index contributed by atoms with van der Waals surface area (Å²) in [6.07, 6.45) is 4.91. The topological polar surface area (TPSA) is 72.0 Å². The molecule has 0 radical (unpaired) electrons. The highest BCUT2D eigenvalue weighted by Crippen LogP contribution is 2.27. The van der Waals surface area contributed by atoms with Gasteiger partial charge in [0.25, 0.3) is 5.56 Å². The fourth-order valence-corrected chi connectivity index (χ4v) is 2.03. The molecule has 0 amide bonds. The van der Waals surface area contributed by atoms with Crippen LogP contribution in [0.4, 0.5) is 4.79 Å². The Morgan fingerprint density at radius 2 is 2.14 bits per heavy atom. The van der Waals surface area contributed by atoms with E-state index in [0.717, 1.165) is 0 Å². The molecule has 6 heteroatoms. The Kier molecular flexibility index (Phi) is 4.91. The maximum absolute atomic E-state index is 12.1. The van der Waals surface area contributed by atoms with Gasteiger partial charge >= 0.3 is 5.43 Å². The van der Waals surface area contributed by atoms with E-state index in [4.69, 9.17) is 16.3 Å². The van der Waals surface area contributed by atoms with Crippen molar-refractivity contribution in [3.63, 3.8) is 0 Å². The van der Waals surface area contributed by atoms with Gasteiger partial charge < -0.3 is 9.72 Å². The lowest BCUT2D eigenvalue weighted by Gasteiger charge is -2.09. The zero-order chi connectivity index (χ0) is 16.1. The van der Waals surface area contributed by atoms with Gasteiger partial charge in [0.05, 0.1) is 16.8 Å². The van der Waals surface area contributed by atoms with E-state index in [9.17, 15) is 9.59 Å². The Hall–Kier alpha value is -2.66. The average Bonchev–Trinajstić information content (AvgIpc) is 2.47. The first-order valence-corrected chi connectivity index (χ1v) is 6.80. The summed E-state index contributed by atoms with van der Waals surface area (Å²) in [4.78, 5) is 30.1. The predicted molar refractivity (Wildman–Crippen MR) is 87.0 cm³/mol. The van der Waals surface area contributed by atoms with E-state index >= 15 is 0 Å². The number of para-hydroxylation sites is 1. The van der Waals surface area contributed by atoms with E-state index in [1.165, 1.54) is 6.08 Å². The van der Waals surface area contributed by atoms with Crippen LogP contribution in [-0.4, -0.2) is 15.4 Å². The van der Waals surface area contributed by atoms with Crippen molar-refractivity contribution in [1.82, 2.24) is 9.97 Å². The number of rotatable bonds is 4. The summed E-state index contributed by atoms with van der Waals surface area (Å²) in [5, 5.41) is 0. The van der Waals surface area contributed by atoms with Gasteiger partial charge in [-0.3, -0.25) is 4.79 Å². The number of nitrogens with zero attached hydrogens (tertiary/aromatic N) is 1. The first-order valence-electron chi connectivity index (χ1n) is 6.43. The quantitative estimate of drug-likeness (QED) is 0.870. The predicted octanol–water partition coefficient (Wildman–Crippen LogP) is 3.85. The van der Waals surface area contributed by atoms with Crippen molar-refractivity contribution < 1.29 is 9.53 Å². The van der Waals surface area contributed by atoms with Crippen molar-refractivity contribution in [2.24, 2.45) is 0 Å². The number of hydrogen-bond acceptors (Lipinski definition) is 4. The molecule has 0 aliphatic carbocycles. The molecule has 1 heterocycles. The molecule has 1 N–H and O–H groups in total. The minimum absolute atomic E-state index is 0.212. The number of hydrogen-bond donors (Lipinski definition) is 1. The van der Waals surface area contributed by atoms with Gasteiger partial charge in [0.2, 0.25) is 0 Å². The van der Waals surface area contributed by atoms with Gasteiger partial charge in [0.15, 0.2) is 0 Å². The molecule has 0 saturated heterocycles. The van der Waals surface area contributed by atoms with Gasteiger partial charge in [-0.15, -0.1) is 0 Å². The normalized spacial score (nSPS) is 10.6. The van der Waals surface area contributed by atoms with Crippen LogP contribution in [0.15, 0.2) is 41.7 Å². The number of allylic oxidation sites excluding steroid dienone is 1. The van der Waals surface area contributed by atoms with Crippen LogP contribution in [0.2, 0.25) is 0 Å². The Balaban J connectivity index is 2.66. The summed E-state index contributed by atoms with van der Waals surface area (Å²) in [6, 6.07) is 6.65. The summed E-state index contributed by atoms with van der Waals surface area (Å²) < 4.78 is 4.92. The lowest BCUT2D eigenvalue weighted by Crippen LogP contribution is -2.15. The number of halogens is 1. The molecule has 0 saturated carbocycles. The number of aromatic amines is 1. The maximum Gasteiger partial charge on any atom is 0.409 e. The number of carbonyl (C=O) groups excluding carboxylic acids is 1. The van der Waals surface area contributed by atoms with E-state index in [1.807, 2.05) is 6.92 Å². The third-order valence-electron chi connectivity index (χ3n) is 2.85. The summed E-state index contributed by atoms with van der Waals surface area (Å²) in [6.45, 7) is 5.43. The molecular formula is C16H13ClN2O3. The molecule has 0 aliphatic rings. The highest BCUT2D eigenvalue weighted by atomic mass is 35.5. The first kappa shape index (κ1) is 15.7. The Morgan fingerprint density at radius 3 is 2.77 bits per heavy atom. The van der Waals surface area contributed by atoms with E-state index in [2.05, 4.69) is 16.5 Å². The van der Waals surface area contributed by atoms with Crippen molar-refractivity contribution >= 4 is 29.2 Å². The van der Waals surface area contributed by atoms with Crippen molar-refractivity contribution in [2.75, 3.05) is 0 Å². The van der Waals surface area contributed by atoms with Gasteiger partial charge in [-0.2, -0.15) is 0 Å². The molecule has 0 aliphatic heterocycles. The smallest absolute Gasteiger partial charge is 0.409 e. The Bertz CT molecular complexity index is 809. The first-order chi connectivity index (χ1) is 10.6. The van der Waals surface area contributed by atoms with Crippen molar-refractivity contribution in [3.8, 4) is 17.1 Å². The van der Waals surface area contributed by atoms with Crippen LogP contribution < -0.4 is 10.3 Å². The van der Waals surface area contributed by atoms with Crippen molar-refractivity contribution in [3.05, 3.63) is 58.5 Å². The van der Waals surface area contributed by atoms with Crippen LogP contribution in [0.5, 0.6) is 5.75 Å². The molecule has 0 atom stereocenters. The average molecular weight is 317 g/mol. The lowest BCUT2D eigenvalue weighted by molar-refractivity contribution is 0.226. The van der Waals surface area contributed by atoms with E-state index in [0.29, 0.717) is 16.8 Å². The third kappa shape index (κ3) is 3.32. The number of aromatic nitrogens is 2. The van der Waals surface area contributed by atoms with Crippen LogP contribution >= 0.6 is 11.6 Å². The molecule has 1 aromatic carbocycles. The van der Waals surface area contributed by atoms with E-state index in [1.54, 1.807) is 36.4 Å². The highest BCUT2D eigenvalue weighted by Gasteiger charge is 2.13. The van der Waals surface area contributed by atoms with Crippen LogP contribution in [0.1, 0.15) is 18.2 Å². The summed E-state index contributed by atoms with van der Waals surface area (Å²) in [5.74, 6) is 0.487. The maximum atomic E-state index is 12.1. The molecule has 0 fully saturated rings. The molecular weight excluding hydrogens is 304 g/mol. The number of nitrogens with one attached hydrogen (secondary N) is 1. The molecule has 22 heavy (non-hydrogen) atoms. The monoisotopic (exact) mass is 316 g/mol. The van der Waals surface area contributed by atoms with Gasteiger partial charge in [-0.1, -0.05) is 30.9 Å². The lowest BCUT2D eigenvalue weighted by atomic mass is 10.1. The van der Waals surface area contributed by atoms with Crippen LogP contribution in [0.25, 0.3) is 23.5 Å². The van der Waals surface area contributed by atoms with Gasteiger partial charge in [0.1, 0.15) is 11.6 Å².